The number of furan rings is 1. The number of hydrogen-bond donors (Lipinski definition) is 0. The molecule has 1 aliphatic heterocycles. The molecule has 0 fully saturated rings. The van der Waals surface area contributed by atoms with E-state index in [1.165, 1.54) is 60.3 Å². The highest BCUT2D eigenvalue weighted by Crippen LogP contribution is 2.49. The van der Waals surface area contributed by atoms with Crippen LogP contribution in [0.15, 0.2) is 168 Å². The normalized spacial score (nSPS) is 17.0. The van der Waals surface area contributed by atoms with Crippen molar-refractivity contribution in [3.05, 3.63) is 181 Å². The molecule has 11 rings (SSSR count). The summed E-state index contributed by atoms with van der Waals surface area (Å²) in [5.41, 5.74) is 13.1. The van der Waals surface area contributed by atoms with E-state index in [4.69, 9.17) is 9.15 Å². The molecule has 2 heteroatoms. The van der Waals surface area contributed by atoms with Crippen LogP contribution in [0.1, 0.15) is 29.2 Å². The van der Waals surface area contributed by atoms with Crippen molar-refractivity contribution in [1.82, 2.24) is 0 Å². The average molecular weight is 667 g/mol. The molecule has 0 saturated heterocycles. The van der Waals surface area contributed by atoms with Crippen LogP contribution in [0, 0.1) is 0 Å². The first-order valence-corrected chi connectivity index (χ1v) is 18.3. The van der Waals surface area contributed by atoms with Gasteiger partial charge in [0.1, 0.15) is 23.2 Å². The van der Waals surface area contributed by atoms with Gasteiger partial charge in [0.15, 0.2) is 0 Å². The quantitative estimate of drug-likeness (QED) is 0.174. The highest BCUT2D eigenvalue weighted by molar-refractivity contribution is 6.21. The fourth-order valence-electron chi connectivity index (χ4n) is 8.93. The first-order valence-electron chi connectivity index (χ1n) is 18.3. The number of fused-ring (bicyclic) bond motifs is 8. The molecule has 0 radical (unpaired) electrons. The van der Waals surface area contributed by atoms with Gasteiger partial charge in [-0.05, 0) is 86.0 Å². The second kappa shape index (κ2) is 11.6. The zero-order valence-electron chi connectivity index (χ0n) is 28.6. The van der Waals surface area contributed by atoms with Crippen molar-refractivity contribution in [2.24, 2.45) is 0 Å². The molecule has 2 heterocycles. The zero-order chi connectivity index (χ0) is 34.2. The summed E-state index contributed by atoms with van der Waals surface area (Å²) in [6.07, 6.45) is 15.1. The Morgan fingerprint density at radius 3 is 1.94 bits per heavy atom. The van der Waals surface area contributed by atoms with Crippen LogP contribution in [0.4, 0.5) is 0 Å². The largest absolute Gasteiger partial charge is 0.484 e. The van der Waals surface area contributed by atoms with Crippen molar-refractivity contribution in [3.63, 3.8) is 0 Å². The Balaban J connectivity index is 1.05. The lowest BCUT2D eigenvalue weighted by Gasteiger charge is -2.18. The molecule has 2 aliphatic carbocycles. The van der Waals surface area contributed by atoms with Crippen molar-refractivity contribution >= 4 is 38.6 Å². The number of rotatable bonds is 4. The fraction of sp³-hybridized carbons (Fsp3) is 0.0800. The molecule has 2 nitrogen and oxygen atoms in total. The van der Waals surface area contributed by atoms with Gasteiger partial charge in [-0.15, -0.1) is 0 Å². The van der Waals surface area contributed by atoms with Crippen LogP contribution >= 0.6 is 0 Å². The van der Waals surface area contributed by atoms with Crippen LogP contribution in [0.2, 0.25) is 0 Å². The van der Waals surface area contributed by atoms with Crippen LogP contribution in [0.25, 0.3) is 83.1 Å². The lowest BCUT2D eigenvalue weighted by molar-refractivity contribution is 0.270. The van der Waals surface area contributed by atoms with E-state index in [9.17, 15) is 0 Å². The third-order valence-electron chi connectivity index (χ3n) is 11.3. The van der Waals surface area contributed by atoms with E-state index in [-0.39, 0.29) is 12.0 Å². The number of benzene rings is 7. The van der Waals surface area contributed by atoms with Crippen molar-refractivity contribution in [3.8, 4) is 50.3 Å². The second-order valence-corrected chi connectivity index (χ2v) is 14.2. The highest BCUT2D eigenvalue weighted by atomic mass is 16.5. The third-order valence-corrected chi connectivity index (χ3v) is 11.3. The van der Waals surface area contributed by atoms with Gasteiger partial charge in [-0.1, -0.05) is 152 Å². The van der Waals surface area contributed by atoms with E-state index in [1.54, 1.807) is 0 Å². The van der Waals surface area contributed by atoms with Gasteiger partial charge in [-0.3, -0.25) is 0 Å². The summed E-state index contributed by atoms with van der Waals surface area (Å²) < 4.78 is 13.0. The number of allylic oxidation sites excluding steroid dienone is 3. The highest BCUT2D eigenvalue weighted by Gasteiger charge is 2.33. The van der Waals surface area contributed by atoms with Crippen molar-refractivity contribution in [1.29, 1.82) is 0 Å². The molecule has 0 N–H and O–H groups in total. The van der Waals surface area contributed by atoms with Gasteiger partial charge in [-0.2, -0.15) is 0 Å². The van der Waals surface area contributed by atoms with Gasteiger partial charge in [0.25, 0.3) is 0 Å². The predicted molar refractivity (Wildman–Crippen MR) is 216 cm³/mol. The maximum absolute atomic E-state index is 6.58. The minimum Gasteiger partial charge on any atom is -0.484 e. The first-order chi connectivity index (χ1) is 25.8. The van der Waals surface area contributed by atoms with Crippen LogP contribution in [-0.2, 0) is 6.42 Å². The number of aryl methyl sites for hydroxylation is 1. The summed E-state index contributed by atoms with van der Waals surface area (Å²) in [7, 11) is 0. The monoisotopic (exact) mass is 666 g/mol. The number of ether oxygens (including phenoxy) is 1. The van der Waals surface area contributed by atoms with Gasteiger partial charge in [0, 0.05) is 33.6 Å². The maximum atomic E-state index is 6.58. The van der Waals surface area contributed by atoms with Gasteiger partial charge in [-0.25, -0.2) is 0 Å². The maximum Gasteiger partial charge on any atom is 0.142 e. The van der Waals surface area contributed by atoms with Crippen LogP contribution in [0.3, 0.4) is 0 Å². The molecule has 52 heavy (non-hydrogen) atoms. The molecule has 0 amide bonds. The second-order valence-electron chi connectivity index (χ2n) is 14.2. The Hall–Kier alpha value is -6.38. The SMILES string of the molecule is C1=CC2Oc3c(-c4cccc(-c5c6ccccc6c(-c6ccc(-c7cccc8c9c(oc78)C=CCC9)cc6)c6ccccc56)c4)cccc3C2C=C1. The number of hydrogen-bond acceptors (Lipinski definition) is 2. The lowest BCUT2D eigenvalue weighted by Crippen LogP contribution is -2.15. The van der Waals surface area contributed by atoms with Crippen LogP contribution in [0.5, 0.6) is 5.75 Å². The Morgan fingerprint density at radius 2 is 1.15 bits per heavy atom. The summed E-state index contributed by atoms with van der Waals surface area (Å²) in [5, 5.41) is 6.20. The van der Waals surface area contributed by atoms with E-state index in [1.807, 2.05) is 0 Å². The summed E-state index contributed by atoms with van der Waals surface area (Å²) >= 11 is 0. The molecule has 0 bridgehead atoms. The molecule has 2 unspecified atom stereocenters. The van der Waals surface area contributed by atoms with Crippen molar-refractivity contribution in [2.75, 3.05) is 0 Å². The smallest absolute Gasteiger partial charge is 0.142 e. The summed E-state index contributed by atoms with van der Waals surface area (Å²) in [4.78, 5) is 0. The van der Waals surface area contributed by atoms with E-state index >= 15 is 0 Å². The van der Waals surface area contributed by atoms with Crippen molar-refractivity contribution in [2.45, 2.75) is 24.9 Å². The Labute approximate surface area is 302 Å². The van der Waals surface area contributed by atoms with E-state index < -0.39 is 0 Å². The van der Waals surface area contributed by atoms with Crippen molar-refractivity contribution < 1.29 is 9.15 Å². The molecule has 246 valence electrons. The van der Waals surface area contributed by atoms with E-state index in [0.29, 0.717) is 0 Å². The summed E-state index contributed by atoms with van der Waals surface area (Å²) in [6, 6.07) is 49.0. The third kappa shape index (κ3) is 4.44. The van der Waals surface area contributed by atoms with E-state index in [2.05, 4.69) is 170 Å². The topological polar surface area (TPSA) is 22.4 Å². The van der Waals surface area contributed by atoms with Gasteiger partial charge in [0.2, 0.25) is 0 Å². The molecular formula is C50H34O2. The summed E-state index contributed by atoms with van der Waals surface area (Å²) in [6.45, 7) is 0. The molecule has 2 atom stereocenters. The number of para-hydroxylation sites is 2. The predicted octanol–water partition coefficient (Wildman–Crippen LogP) is 13.3. The molecule has 0 saturated carbocycles. The average Bonchev–Trinajstić information content (AvgIpc) is 3.79. The minimum atomic E-state index is 0.0559. The lowest BCUT2D eigenvalue weighted by atomic mass is 9.85. The molecule has 8 aromatic rings. The first kappa shape index (κ1) is 29.4. The van der Waals surface area contributed by atoms with E-state index in [0.717, 1.165) is 52.2 Å². The van der Waals surface area contributed by atoms with Crippen LogP contribution < -0.4 is 4.74 Å². The minimum absolute atomic E-state index is 0.0559. The molecule has 0 spiro atoms. The fourth-order valence-corrected chi connectivity index (χ4v) is 8.93. The van der Waals surface area contributed by atoms with Gasteiger partial charge >= 0.3 is 0 Å². The standard InChI is InChI=1S/C50H34O2/c1-3-18-41-39(16-1)47(32-28-26-31(27-29-32)35-20-10-22-43-37-14-5-7-24-45(37)51-49(35)43)40-17-2-4-19-42(40)48(41)34-13-9-12-33(30-34)36-21-11-23-44-38-15-6-8-25-46(38)52-50(36)44/h1-4,6-13,15-30,38,46H,5,14H2. The van der Waals surface area contributed by atoms with Gasteiger partial charge < -0.3 is 9.15 Å². The van der Waals surface area contributed by atoms with Gasteiger partial charge in [0.05, 0.1) is 0 Å². The molecule has 1 aromatic heterocycles. The molecular weight excluding hydrogens is 633 g/mol. The Kier molecular flexibility index (Phi) is 6.54. The Bertz CT molecular complexity index is 2770. The zero-order valence-corrected chi connectivity index (χ0v) is 28.6. The van der Waals surface area contributed by atoms with Crippen LogP contribution in [-0.4, -0.2) is 6.10 Å². The summed E-state index contributed by atoms with van der Waals surface area (Å²) in [5.74, 6) is 2.26. The molecule has 3 aliphatic rings. The molecule has 7 aromatic carbocycles. The Morgan fingerprint density at radius 1 is 0.519 bits per heavy atom.